The molecule has 244 valence electrons. The van der Waals surface area contributed by atoms with Gasteiger partial charge >= 0.3 is 0 Å². The summed E-state index contributed by atoms with van der Waals surface area (Å²) in [5.74, 6) is 0. The van der Waals surface area contributed by atoms with Gasteiger partial charge in [-0.15, -0.1) is 0 Å². The average molecular weight is 664 g/mol. The van der Waals surface area contributed by atoms with Crippen molar-refractivity contribution in [2.75, 3.05) is 0 Å². The molecule has 2 heterocycles. The lowest BCUT2D eigenvalue weighted by molar-refractivity contribution is 0.661. The van der Waals surface area contributed by atoms with Gasteiger partial charge < -0.3 is 4.57 Å². The van der Waals surface area contributed by atoms with Gasteiger partial charge in [0.1, 0.15) is 0 Å². The zero-order chi connectivity index (χ0) is 35.0. The van der Waals surface area contributed by atoms with E-state index < -0.39 is 0 Å². The van der Waals surface area contributed by atoms with Crippen molar-refractivity contribution in [2.24, 2.45) is 0 Å². The fourth-order valence-electron chi connectivity index (χ4n) is 8.57. The summed E-state index contributed by atoms with van der Waals surface area (Å²) in [5, 5.41) is 13.8. The molecule has 1 aliphatic rings. The molecule has 3 heteroatoms. The number of aromatic nitrogens is 2. The molecule has 0 aliphatic heterocycles. The van der Waals surface area contributed by atoms with Crippen LogP contribution in [0.15, 0.2) is 164 Å². The molecule has 3 nitrogen and oxygen atoms in total. The predicted molar refractivity (Wildman–Crippen MR) is 215 cm³/mol. The molecule has 0 saturated heterocycles. The summed E-state index contributed by atoms with van der Waals surface area (Å²) < 4.78 is 2.46. The molecule has 0 fully saturated rings. The number of para-hydroxylation sites is 2. The fraction of sp³-hybridized carbons (Fsp3) is 0.0612. The molecule has 10 rings (SSSR count). The van der Waals surface area contributed by atoms with E-state index in [0.29, 0.717) is 5.56 Å². The zero-order valence-electron chi connectivity index (χ0n) is 28.9. The first-order chi connectivity index (χ1) is 25.5. The molecule has 1 aliphatic carbocycles. The summed E-state index contributed by atoms with van der Waals surface area (Å²) >= 11 is 0. The second-order valence-corrected chi connectivity index (χ2v) is 14.3. The maximum absolute atomic E-state index is 10.3. The van der Waals surface area contributed by atoms with Crippen molar-refractivity contribution >= 4 is 32.7 Å². The van der Waals surface area contributed by atoms with Crippen molar-refractivity contribution < 1.29 is 0 Å². The number of benzene rings is 7. The molecule has 2 aromatic heterocycles. The molecule has 9 aromatic rings. The van der Waals surface area contributed by atoms with Crippen LogP contribution in [-0.2, 0) is 5.41 Å². The summed E-state index contributed by atoms with van der Waals surface area (Å²) in [4.78, 5) is 5.12. The highest BCUT2D eigenvalue weighted by Crippen LogP contribution is 2.53. The van der Waals surface area contributed by atoms with Gasteiger partial charge in [0.05, 0.1) is 33.9 Å². The molecule has 0 saturated carbocycles. The summed E-state index contributed by atoms with van der Waals surface area (Å²) in [7, 11) is 0. The Kier molecular flexibility index (Phi) is 6.59. The molecule has 0 radical (unpaired) electrons. The lowest BCUT2D eigenvalue weighted by atomic mass is 9.82. The number of hydrogen-bond acceptors (Lipinski definition) is 2. The minimum Gasteiger partial charge on any atom is -0.309 e. The van der Waals surface area contributed by atoms with Crippen molar-refractivity contribution in [1.82, 2.24) is 9.55 Å². The van der Waals surface area contributed by atoms with Crippen molar-refractivity contribution in [3.63, 3.8) is 0 Å². The molecular formula is C49H33N3. The molecule has 7 aromatic carbocycles. The Morgan fingerprint density at radius 3 is 2.04 bits per heavy atom. The van der Waals surface area contributed by atoms with Crippen LogP contribution in [0.3, 0.4) is 0 Å². The largest absolute Gasteiger partial charge is 0.309 e. The number of fused-ring (bicyclic) bond motifs is 8. The molecule has 0 bridgehead atoms. The molecule has 52 heavy (non-hydrogen) atoms. The van der Waals surface area contributed by atoms with Crippen LogP contribution in [0, 0.1) is 11.3 Å². The van der Waals surface area contributed by atoms with E-state index in [-0.39, 0.29) is 5.41 Å². The van der Waals surface area contributed by atoms with Crippen LogP contribution in [0.2, 0.25) is 0 Å². The maximum Gasteiger partial charge on any atom is 0.0998 e. The Balaban J connectivity index is 1.35. The highest BCUT2D eigenvalue weighted by atomic mass is 15.0. The third-order valence-electron chi connectivity index (χ3n) is 11.0. The number of nitriles is 1. The Labute approximate surface area is 302 Å². The quantitative estimate of drug-likeness (QED) is 0.188. The number of nitrogens with zero attached hydrogens (tertiary/aromatic N) is 3. The number of pyridine rings is 1. The van der Waals surface area contributed by atoms with E-state index in [0.717, 1.165) is 55.6 Å². The standard InChI is InChI=1S/C49H33N3/c1-49(2)42-21-11-8-20-40(42)47-43(49)25-24-39-38-19-10-13-23-46(38)52(48(39)47)35-27-33(36-17-7-6-16-32(36)30-50)26-34(28-35)41-29-45(31-14-4-3-5-15-31)51-44-22-12-9-18-37(41)44/h3-29H,1-2H3. The predicted octanol–water partition coefficient (Wildman–Crippen LogP) is 12.5. The molecule has 0 atom stereocenters. The van der Waals surface area contributed by atoms with Crippen LogP contribution in [0.1, 0.15) is 30.5 Å². The number of rotatable bonds is 4. The van der Waals surface area contributed by atoms with Gasteiger partial charge in [-0.3, -0.25) is 0 Å². The Morgan fingerprint density at radius 1 is 0.538 bits per heavy atom. The van der Waals surface area contributed by atoms with Crippen molar-refractivity contribution in [2.45, 2.75) is 19.3 Å². The van der Waals surface area contributed by atoms with Crippen molar-refractivity contribution in [3.8, 4) is 56.4 Å². The van der Waals surface area contributed by atoms with Gasteiger partial charge in [-0.25, -0.2) is 4.98 Å². The highest BCUT2D eigenvalue weighted by molar-refractivity contribution is 6.16. The SMILES string of the molecule is CC1(C)c2ccccc2-c2c1ccc1c3ccccc3n(-c3cc(-c4ccccc4C#N)cc(-c4cc(-c5ccccc5)nc5ccccc45)c3)c21. The van der Waals surface area contributed by atoms with Gasteiger partial charge in [0, 0.05) is 38.4 Å². The Morgan fingerprint density at radius 2 is 1.21 bits per heavy atom. The van der Waals surface area contributed by atoms with Gasteiger partial charge in [0.15, 0.2) is 0 Å². The van der Waals surface area contributed by atoms with Gasteiger partial charge in [-0.2, -0.15) is 5.26 Å². The second kappa shape index (κ2) is 11.4. The summed E-state index contributed by atoms with van der Waals surface area (Å²) in [5.41, 5.74) is 16.2. The molecule has 0 unspecified atom stereocenters. The normalized spacial score (nSPS) is 12.9. The highest BCUT2D eigenvalue weighted by Gasteiger charge is 2.37. The van der Waals surface area contributed by atoms with E-state index in [1.165, 1.54) is 38.5 Å². The van der Waals surface area contributed by atoms with E-state index in [2.05, 4.69) is 164 Å². The first-order valence-electron chi connectivity index (χ1n) is 17.8. The summed E-state index contributed by atoms with van der Waals surface area (Å²) in [6.45, 7) is 4.68. The van der Waals surface area contributed by atoms with Crippen molar-refractivity contribution in [3.05, 3.63) is 180 Å². The first-order valence-corrected chi connectivity index (χ1v) is 17.8. The van der Waals surface area contributed by atoms with Crippen LogP contribution in [0.4, 0.5) is 0 Å². The molecule has 0 amide bonds. The zero-order valence-corrected chi connectivity index (χ0v) is 28.9. The fourth-order valence-corrected chi connectivity index (χ4v) is 8.57. The van der Waals surface area contributed by atoms with Crippen LogP contribution in [0.25, 0.3) is 83.0 Å². The van der Waals surface area contributed by atoms with Gasteiger partial charge in [-0.05, 0) is 81.4 Å². The Hall–Kier alpha value is -6.76. The third kappa shape index (κ3) is 4.41. The third-order valence-corrected chi connectivity index (χ3v) is 11.0. The monoisotopic (exact) mass is 663 g/mol. The van der Waals surface area contributed by atoms with E-state index in [4.69, 9.17) is 4.98 Å². The second-order valence-electron chi connectivity index (χ2n) is 14.3. The lowest BCUT2D eigenvalue weighted by Crippen LogP contribution is -2.14. The Bertz CT molecular complexity index is 2940. The van der Waals surface area contributed by atoms with Gasteiger partial charge in [-0.1, -0.05) is 135 Å². The van der Waals surface area contributed by atoms with E-state index in [1.54, 1.807) is 0 Å². The van der Waals surface area contributed by atoms with Crippen LogP contribution < -0.4 is 0 Å². The smallest absolute Gasteiger partial charge is 0.0998 e. The minimum atomic E-state index is -0.135. The number of hydrogen-bond donors (Lipinski definition) is 0. The van der Waals surface area contributed by atoms with Gasteiger partial charge in [0.25, 0.3) is 0 Å². The first kappa shape index (κ1) is 30.1. The molecule has 0 N–H and O–H groups in total. The van der Waals surface area contributed by atoms with E-state index in [1.807, 2.05) is 24.3 Å². The van der Waals surface area contributed by atoms with Crippen LogP contribution in [0.5, 0.6) is 0 Å². The average Bonchev–Trinajstić information content (AvgIpc) is 3.66. The summed E-state index contributed by atoms with van der Waals surface area (Å²) in [6, 6.07) is 60.5. The minimum absolute atomic E-state index is 0.135. The maximum atomic E-state index is 10.3. The lowest BCUT2D eigenvalue weighted by Gasteiger charge is -2.21. The van der Waals surface area contributed by atoms with Crippen molar-refractivity contribution in [1.29, 1.82) is 5.26 Å². The summed E-state index contributed by atoms with van der Waals surface area (Å²) in [6.07, 6.45) is 0. The van der Waals surface area contributed by atoms with E-state index >= 15 is 0 Å². The van der Waals surface area contributed by atoms with E-state index in [9.17, 15) is 5.26 Å². The van der Waals surface area contributed by atoms with Gasteiger partial charge in [0.2, 0.25) is 0 Å². The molecule has 0 spiro atoms. The topological polar surface area (TPSA) is 41.6 Å². The van der Waals surface area contributed by atoms with Crippen LogP contribution in [-0.4, -0.2) is 9.55 Å². The van der Waals surface area contributed by atoms with Crippen LogP contribution >= 0.6 is 0 Å². The molecular weight excluding hydrogens is 631 g/mol.